The van der Waals surface area contributed by atoms with E-state index < -0.39 is 5.41 Å². The summed E-state index contributed by atoms with van der Waals surface area (Å²) in [4.78, 5) is 16.8. The van der Waals surface area contributed by atoms with Crippen LogP contribution in [0.4, 0.5) is 14.5 Å². The summed E-state index contributed by atoms with van der Waals surface area (Å²) in [6.07, 6.45) is 1.39. The quantitative estimate of drug-likeness (QED) is 0.854. The molecule has 1 amide bonds. The minimum absolute atomic E-state index is 0.00536. The molecule has 5 heteroatoms. The highest BCUT2D eigenvalue weighted by atomic mass is 19.1. The topological polar surface area (TPSA) is 23.6 Å². The fraction of sp³-hybridized carbons (Fsp3) is 0.350. The summed E-state index contributed by atoms with van der Waals surface area (Å²) in [5.41, 5.74) is 0.396. The number of rotatable bonds is 3. The minimum atomic E-state index is -0.689. The van der Waals surface area contributed by atoms with E-state index in [1.165, 1.54) is 12.1 Å². The first-order chi connectivity index (χ1) is 12.1. The minimum Gasteiger partial charge on any atom is -0.366 e. The van der Waals surface area contributed by atoms with Crippen LogP contribution in [-0.2, 0) is 10.2 Å². The number of amides is 1. The van der Waals surface area contributed by atoms with Crippen molar-refractivity contribution in [3.8, 4) is 0 Å². The van der Waals surface area contributed by atoms with Gasteiger partial charge in [0.05, 0.1) is 11.1 Å². The van der Waals surface area contributed by atoms with Gasteiger partial charge in [0.2, 0.25) is 5.91 Å². The van der Waals surface area contributed by atoms with E-state index in [1.54, 1.807) is 35.2 Å². The van der Waals surface area contributed by atoms with E-state index in [2.05, 4.69) is 0 Å². The van der Waals surface area contributed by atoms with Gasteiger partial charge < -0.3 is 9.80 Å². The Hall–Kier alpha value is -2.43. The van der Waals surface area contributed by atoms with Crippen molar-refractivity contribution < 1.29 is 13.6 Å². The van der Waals surface area contributed by atoms with Crippen molar-refractivity contribution in [2.24, 2.45) is 0 Å². The maximum absolute atomic E-state index is 14.2. The van der Waals surface area contributed by atoms with Crippen LogP contribution in [-0.4, -0.2) is 37.0 Å². The highest BCUT2D eigenvalue weighted by Crippen LogP contribution is 2.50. The maximum atomic E-state index is 14.2. The molecule has 2 fully saturated rings. The summed E-state index contributed by atoms with van der Waals surface area (Å²) < 4.78 is 28.1. The molecular formula is C20H20F2N2O. The number of piperazine rings is 1. The molecule has 2 aromatic carbocycles. The van der Waals surface area contributed by atoms with Gasteiger partial charge in [0.25, 0.3) is 0 Å². The average Bonchev–Trinajstić information content (AvgIpc) is 3.44. The molecule has 0 unspecified atom stereocenters. The summed E-state index contributed by atoms with van der Waals surface area (Å²) in [6.45, 7) is 2.23. The van der Waals surface area contributed by atoms with Crippen LogP contribution in [0.3, 0.4) is 0 Å². The number of carbonyl (C=O) groups is 1. The lowest BCUT2D eigenvalue weighted by Gasteiger charge is -2.38. The van der Waals surface area contributed by atoms with E-state index in [-0.39, 0.29) is 17.5 Å². The van der Waals surface area contributed by atoms with Crippen LogP contribution in [0, 0.1) is 11.6 Å². The van der Waals surface area contributed by atoms with Gasteiger partial charge in [-0.2, -0.15) is 0 Å². The second kappa shape index (κ2) is 6.14. The number of carbonyl (C=O) groups excluding carboxylic acids is 1. The molecule has 0 atom stereocenters. The first-order valence-corrected chi connectivity index (χ1v) is 8.66. The lowest BCUT2D eigenvalue weighted by Crippen LogP contribution is -2.51. The van der Waals surface area contributed by atoms with E-state index >= 15 is 0 Å². The first-order valence-electron chi connectivity index (χ1n) is 8.66. The lowest BCUT2D eigenvalue weighted by molar-refractivity contribution is -0.134. The molecule has 0 spiro atoms. The molecule has 1 aliphatic heterocycles. The van der Waals surface area contributed by atoms with Crippen molar-refractivity contribution in [2.45, 2.75) is 18.3 Å². The van der Waals surface area contributed by atoms with Gasteiger partial charge >= 0.3 is 0 Å². The molecule has 3 nitrogen and oxygen atoms in total. The largest absolute Gasteiger partial charge is 0.366 e. The van der Waals surface area contributed by atoms with Crippen LogP contribution < -0.4 is 4.90 Å². The van der Waals surface area contributed by atoms with Crippen LogP contribution in [0.2, 0.25) is 0 Å². The highest BCUT2D eigenvalue weighted by Gasteiger charge is 2.54. The molecular weight excluding hydrogens is 322 g/mol. The van der Waals surface area contributed by atoms with Gasteiger partial charge in [0, 0.05) is 31.7 Å². The average molecular weight is 342 g/mol. The Morgan fingerprint density at radius 2 is 1.44 bits per heavy atom. The molecule has 2 aliphatic rings. The predicted octanol–water partition coefficient (Wildman–Crippen LogP) is 3.35. The van der Waals surface area contributed by atoms with Crippen molar-refractivity contribution in [3.63, 3.8) is 0 Å². The third kappa shape index (κ3) is 2.77. The third-order valence-electron chi connectivity index (χ3n) is 5.31. The summed E-state index contributed by atoms with van der Waals surface area (Å²) in [5, 5.41) is 0. The standard InChI is InChI=1S/C20H20F2N2O/c21-16-6-2-1-5-15(16)20(9-10-20)19(25)24-13-11-23(12-14-24)18-8-4-3-7-17(18)22/h1-8H,9-14H2. The number of hydrogen-bond donors (Lipinski definition) is 0. The Balaban J connectivity index is 1.47. The van der Waals surface area contributed by atoms with E-state index in [0.29, 0.717) is 50.3 Å². The van der Waals surface area contributed by atoms with Gasteiger partial charge in [-0.3, -0.25) is 4.79 Å². The first kappa shape index (κ1) is 16.1. The fourth-order valence-corrected chi connectivity index (χ4v) is 3.73. The summed E-state index contributed by atoms with van der Waals surface area (Å²) >= 11 is 0. The van der Waals surface area contributed by atoms with E-state index in [4.69, 9.17) is 0 Å². The number of halogens is 2. The molecule has 1 saturated heterocycles. The van der Waals surface area contributed by atoms with Crippen molar-refractivity contribution >= 4 is 11.6 Å². The molecule has 0 aromatic heterocycles. The third-order valence-corrected chi connectivity index (χ3v) is 5.31. The number of hydrogen-bond acceptors (Lipinski definition) is 2. The Morgan fingerprint density at radius 1 is 0.840 bits per heavy atom. The number of para-hydroxylation sites is 1. The zero-order valence-corrected chi connectivity index (χ0v) is 13.9. The van der Waals surface area contributed by atoms with Gasteiger partial charge in [0.15, 0.2) is 0 Å². The fourth-order valence-electron chi connectivity index (χ4n) is 3.73. The van der Waals surface area contributed by atoms with Crippen LogP contribution in [0.5, 0.6) is 0 Å². The van der Waals surface area contributed by atoms with Crippen LogP contribution in [0.15, 0.2) is 48.5 Å². The van der Waals surface area contributed by atoms with Crippen molar-refractivity contribution in [2.75, 3.05) is 31.1 Å². The predicted molar refractivity (Wildman–Crippen MR) is 92.5 cm³/mol. The van der Waals surface area contributed by atoms with Gasteiger partial charge in [0.1, 0.15) is 11.6 Å². The van der Waals surface area contributed by atoms with Crippen molar-refractivity contribution in [3.05, 3.63) is 65.7 Å². The van der Waals surface area contributed by atoms with E-state index in [0.717, 1.165) is 0 Å². The normalized spacial score (nSPS) is 19.0. The van der Waals surface area contributed by atoms with Crippen LogP contribution >= 0.6 is 0 Å². The van der Waals surface area contributed by atoms with Gasteiger partial charge in [-0.15, -0.1) is 0 Å². The van der Waals surface area contributed by atoms with E-state index in [9.17, 15) is 13.6 Å². The van der Waals surface area contributed by atoms with Gasteiger partial charge in [-0.25, -0.2) is 8.78 Å². The molecule has 1 saturated carbocycles. The molecule has 130 valence electrons. The van der Waals surface area contributed by atoms with Gasteiger partial charge in [-0.05, 0) is 31.0 Å². The summed E-state index contributed by atoms with van der Waals surface area (Å²) in [6, 6.07) is 13.2. The molecule has 0 bridgehead atoms. The summed E-state index contributed by atoms with van der Waals surface area (Å²) in [7, 11) is 0. The maximum Gasteiger partial charge on any atom is 0.233 e. The second-order valence-electron chi connectivity index (χ2n) is 6.79. The molecule has 0 N–H and O–H groups in total. The molecule has 1 aliphatic carbocycles. The zero-order valence-electron chi connectivity index (χ0n) is 13.9. The van der Waals surface area contributed by atoms with E-state index in [1.807, 2.05) is 11.0 Å². The Bertz CT molecular complexity index is 796. The molecule has 0 radical (unpaired) electrons. The highest BCUT2D eigenvalue weighted by molar-refractivity contribution is 5.91. The van der Waals surface area contributed by atoms with Gasteiger partial charge in [-0.1, -0.05) is 30.3 Å². The Labute approximate surface area is 145 Å². The lowest BCUT2D eigenvalue weighted by atomic mass is 9.93. The Kier molecular flexibility index (Phi) is 3.94. The van der Waals surface area contributed by atoms with Crippen molar-refractivity contribution in [1.29, 1.82) is 0 Å². The second-order valence-corrected chi connectivity index (χ2v) is 6.79. The molecule has 4 rings (SSSR count). The smallest absolute Gasteiger partial charge is 0.233 e. The summed E-state index contributed by atoms with van der Waals surface area (Å²) in [5.74, 6) is -0.545. The monoisotopic (exact) mass is 342 g/mol. The number of nitrogens with zero attached hydrogens (tertiary/aromatic N) is 2. The molecule has 25 heavy (non-hydrogen) atoms. The van der Waals surface area contributed by atoms with Crippen LogP contribution in [0.1, 0.15) is 18.4 Å². The molecule has 1 heterocycles. The number of anilines is 1. The number of benzene rings is 2. The van der Waals surface area contributed by atoms with Crippen LogP contribution in [0.25, 0.3) is 0 Å². The molecule has 2 aromatic rings. The zero-order chi connectivity index (χ0) is 17.4. The van der Waals surface area contributed by atoms with Crippen molar-refractivity contribution in [1.82, 2.24) is 4.90 Å². The Morgan fingerprint density at radius 3 is 2.04 bits per heavy atom. The SMILES string of the molecule is O=C(N1CCN(c2ccccc2F)CC1)C1(c2ccccc2F)CC1.